The maximum absolute atomic E-state index is 12.8. The molecule has 0 atom stereocenters. The van der Waals surface area contributed by atoms with Crippen LogP contribution in [0.4, 0.5) is 4.79 Å². The van der Waals surface area contributed by atoms with Crippen LogP contribution in [-0.4, -0.2) is 48.8 Å². The number of urea groups is 1. The van der Waals surface area contributed by atoms with E-state index in [1.165, 1.54) is 6.42 Å². The lowest BCUT2D eigenvalue weighted by Gasteiger charge is -2.34. The first-order chi connectivity index (χ1) is 13.0. The first kappa shape index (κ1) is 20.9. The molecular weight excluding hydrogens is 348 g/mol. The van der Waals surface area contributed by atoms with Crippen LogP contribution in [0.5, 0.6) is 11.5 Å². The number of ether oxygens (including phenoxy) is 2. The van der Waals surface area contributed by atoms with Crippen LogP contribution >= 0.6 is 0 Å². The molecule has 1 aromatic rings. The molecule has 2 rings (SSSR count). The molecule has 0 saturated heterocycles. The Bertz CT molecular complexity index is 629. The fourth-order valence-electron chi connectivity index (χ4n) is 3.47. The number of carboxylic acid groups (broad SMARTS) is 1. The topological polar surface area (TPSA) is 88.1 Å². The van der Waals surface area contributed by atoms with Crippen LogP contribution in [0.25, 0.3) is 0 Å². The minimum Gasteiger partial charge on any atom is -0.493 e. The number of hydrogen-bond acceptors (Lipinski definition) is 4. The summed E-state index contributed by atoms with van der Waals surface area (Å²) in [6, 6.07) is 5.74. The van der Waals surface area contributed by atoms with Gasteiger partial charge in [0.05, 0.1) is 14.2 Å². The summed E-state index contributed by atoms with van der Waals surface area (Å²) in [5, 5.41) is 11.6. The molecule has 0 spiro atoms. The summed E-state index contributed by atoms with van der Waals surface area (Å²) in [5.74, 6) is 0.447. The molecule has 1 fully saturated rings. The van der Waals surface area contributed by atoms with Gasteiger partial charge in [0.1, 0.15) is 0 Å². The molecule has 7 nitrogen and oxygen atoms in total. The van der Waals surface area contributed by atoms with Gasteiger partial charge in [-0.15, -0.1) is 0 Å². The van der Waals surface area contributed by atoms with Gasteiger partial charge >= 0.3 is 12.0 Å². The second-order valence-electron chi connectivity index (χ2n) is 6.84. The van der Waals surface area contributed by atoms with Crippen molar-refractivity contribution in [1.29, 1.82) is 0 Å². The van der Waals surface area contributed by atoms with Crippen LogP contribution in [0.3, 0.4) is 0 Å². The number of amides is 2. The normalized spacial score (nSPS) is 14.4. The molecule has 0 heterocycles. The molecule has 0 radical (unpaired) electrons. The van der Waals surface area contributed by atoms with E-state index in [1.54, 1.807) is 14.2 Å². The van der Waals surface area contributed by atoms with Crippen LogP contribution in [-0.2, 0) is 11.3 Å². The van der Waals surface area contributed by atoms with Crippen molar-refractivity contribution in [2.24, 2.45) is 0 Å². The number of methoxy groups -OCH3 is 2. The maximum atomic E-state index is 12.8. The number of carbonyl (C=O) groups is 2. The number of carboxylic acids is 1. The average Bonchev–Trinajstić information content (AvgIpc) is 2.69. The smallest absolute Gasteiger partial charge is 0.317 e. The molecule has 1 aromatic carbocycles. The zero-order valence-electron chi connectivity index (χ0n) is 16.2. The summed E-state index contributed by atoms with van der Waals surface area (Å²) in [5.41, 5.74) is 0.971. The van der Waals surface area contributed by atoms with E-state index >= 15 is 0 Å². The van der Waals surface area contributed by atoms with Gasteiger partial charge in [-0.1, -0.05) is 25.3 Å². The zero-order valence-corrected chi connectivity index (χ0v) is 16.2. The van der Waals surface area contributed by atoms with Gasteiger partial charge in [-0.05, 0) is 37.0 Å². The standard InChI is InChI=1S/C20H30N2O5/c1-26-17-11-10-15(13-18(17)27-2)14-22(16-7-4-3-5-8-16)20(25)21-12-6-9-19(23)24/h10-11,13,16H,3-9,12,14H2,1-2H3,(H,21,25)(H,23,24). The first-order valence-electron chi connectivity index (χ1n) is 9.52. The Labute approximate surface area is 160 Å². The first-order valence-corrected chi connectivity index (χ1v) is 9.52. The Morgan fingerprint density at radius 2 is 1.85 bits per heavy atom. The van der Waals surface area contributed by atoms with E-state index in [0.717, 1.165) is 31.2 Å². The van der Waals surface area contributed by atoms with Crippen LogP contribution in [0, 0.1) is 0 Å². The van der Waals surface area contributed by atoms with Crippen LogP contribution < -0.4 is 14.8 Å². The summed E-state index contributed by atoms with van der Waals surface area (Å²) in [4.78, 5) is 25.3. The van der Waals surface area contributed by atoms with Gasteiger partial charge < -0.3 is 24.8 Å². The number of benzene rings is 1. The Morgan fingerprint density at radius 3 is 2.48 bits per heavy atom. The number of hydrogen-bond donors (Lipinski definition) is 2. The van der Waals surface area contributed by atoms with Crippen LogP contribution in [0.2, 0.25) is 0 Å². The molecule has 7 heteroatoms. The van der Waals surface area contributed by atoms with E-state index in [9.17, 15) is 9.59 Å². The molecule has 1 aliphatic rings. The lowest BCUT2D eigenvalue weighted by atomic mass is 9.94. The van der Waals surface area contributed by atoms with Crippen molar-refractivity contribution in [2.45, 2.75) is 57.5 Å². The molecule has 2 amide bonds. The van der Waals surface area contributed by atoms with Gasteiger partial charge in [0.2, 0.25) is 0 Å². The molecule has 0 aliphatic heterocycles. The summed E-state index contributed by atoms with van der Waals surface area (Å²) >= 11 is 0. The largest absolute Gasteiger partial charge is 0.493 e. The van der Waals surface area contributed by atoms with E-state index in [4.69, 9.17) is 14.6 Å². The van der Waals surface area contributed by atoms with E-state index in [0.29, 0.717) is 31.0 Å². The number of carbonyl (C=O) groups excluding carboxylic acids is 1. The summed E-state index contributed by atoms with van der Waals surface area (Å²) < 4.78 is 10.6. The maximum Gasteiger partial charge on any atom is 0.317 e. The highest BCUT2D eigenvalue weighted by atomic mass is 16.5. The van der Waals surface area contributed by atoms with Crippen LogP contribution in [0.1, 0.15) is 50.5 Å². The van der Waals surface area contributed by atoms with Crippen molar-refractivity contribution in [3.05, 3.63) is 23.8 Å². The van der Waals surface area contributed by atoms with E-state index < -0.39 is 5.97 Å². The quantitative estimate of drug-likeness (QED) is 0.643. The summed E-state index contributed by atoms with van der Waals surface area (Å²) in [6.45, 7) is 0.843. The van der Waals surface area contributed by atoms with Gasteiger partial charge in [-0.2, -0.15) is 0 Å². The van der Waals surface area contributed by atoms with Gasteiger partial charge in [0.25, 0.3) is 0 Å². The van der Waals surface area contributed by atoms with Gasteiger partial charge in [-0.25, -0.2) is 4.79 Å². The summed E-state index contributed by atoms with van der Waals surface area (Å²) in [7, 11) is 3.19. The van der Waals surface area contributed by atoms with Crippen LogP contribution in [0.15, 0.2) is 18.2 Å². The highest BCUT2D eigenvalue weighted by Gasteiger charge is 2.25. The molecule has 0 bridgehead atoms. The third-order valence-corrected chi connectivity index (χ3v) is 4.92. The van der Waals surface area contributed by atoms with Crippen molar-refractivity contribution in [2.75, 3.05) is 20.8 Å². The molecular formula is C20H30N2O5. The number of rotatable bonds is 9. The Balaban J connectivity index is 2.07. The minimum absolute atomic E-state index is 0.0549. The Kier molecular flexibility index (Phi) is 8.23. The van der Waals surface area contributed by atoms with E-state index in [2.05, 4.69) is 5.32 Å². The van der Waals surface area contributed by atoms with Crippen molar-refractivity contribution < 1.29 is 24.2 Å². The van der Waals surface area contributed by atoms with Crippen molar-refractivity contribution in [3.63, 3.8) is 0 Å². The fraction of sp³-hybridized carbons (Fsp3) is 0.600. The van der Waals surface area contributed by atoms with E-state index in [1.807, 2.05) is 23.1 Å². The minimum atomic E-state index is -0.848. The van der Waals surface area contributed by atoms with Gasteiger partial charge in [-0.3, -0.25) is 4.79 Å². The highest BCUT2D eigenvalue weighted by molar-refractivity contribution is 5.74. The number of nitrogens with zero attached hydrogens (tertiary/aromatic N) is 1. The molecule has 2 N–H and O–H groups in total. The van der Waals surface area contributed by atoms with Gasteiger partial charge in [0.15, 0.2) is 11.5 Å². The Morgan fingerprint density at radius 1 is 1.15 bits per heavy atom. The van der Waals surface area contributed by atoms with Crippen molar-refractivity contribution in [1.82, 2.24) is 10.2 Å². The molecule has 150 valence electrons. The molecule has 0 aromatic heterocycles. The molecule has 0 unspecified atom stereocenters. The van der Waals surface area contributed by atoms with E-state index in [-0.39, 0.29) is 18.5 Å². The highest BCUT2D eigenvalue weighted by Crippen LogP contribution is 2.29. The van der Waals surface area contributed by atoms with Crippen molar-refractivity contribution >= 4 is 12.0 Å². The monoisotopic (exact) mass is 378 g/mol. The third-order valence-electron chi connectivity index (χ3n) is 4.92. The lowest BCUT2D eigenvalue weighted by Crippen LogP contribution is -2.46. The third kappa shape index (κ3) is 6.34. The SMILES string of the molecule is COc1ccc(CN(C(=O)NCCCC(=O)O)C2CCCCC2)cc1OC. The predicted octanol–water partition coefficient (Wildman–Crippen LogP) is 3.41. The van der Waals surface area contributed by atoms with Crippen molar-refractivity contribution in [3.8, 4) is 11.5 Å². The summed E-state index contributed by atoms with van der Waals surface area (Å²) in [6.07, 6.45) is 5.93. The lowest BCUT2D eigenvalue weighted by molar-refractivity contribution is -0.137. The number of aliphatic carboxylic acids is 1. The Hall–Kier alpha value is -2.44. The predicted molar refractivity (Wildman–Crippen MR) is 102 cm³/mol. The van der Waals surface area contributed by atoms with Gasteiger partial charge in [0, 0.05) is 25.6 Å². The second-order valence-corrected chi connectivity index (χ2v) is 6.84. The number of nitrogens with one attached hydrogen (secondary N) is 1. The second kappa shape index (κ2) is 10.6. The molecule has 1 saturated carbocycles. The average molecular weight is 378 g/mol. The molecule has 27 heavy (non-hydrogen) atoms. The fourth-order valence-corrected chi connectivity index (χ4v) is 3.47. The molecule has 1 aliphatic carbocycles. The zero-order chi connectivity index (χ0) is 19.6.